The number of amides is 1. The monoisotopic (exact) mass is 241 g/mol. The summed E-state index contributed by atoms with van der Waals surface area (Å²) in [5.41, 5.74) is 0. The first kappa shape index (κ1) is 13.7. The predicted octanol–water partition coefficient (Wildman–Crippen LogP) is 1.04. The maximum absolute atomic E-state index is 12.0. The summed E-state index contributed by atoms with van der Waals surface area (Å²) >= 11 is 0. The Morgan fingerprint density at radius 1 is 1.59 bits per heavy atom. The Morgan fingerprint density at radius 2 is 2.24 bits per heavy atom. The number of carbonyl (C=O) groups excluding carboxylic acids is 1. The Labute approximate surface area is 101 Å². The third kappa shape index (κ3) is 4.56. The van der Waals surface area contributed by atoms with E-state index in [9.17, 15) is 9.59 Å². The van der Waals surface area contributed by atoms with Crippen molar-refractivity contribution in [2.24, 2.45) is 0 Å². The largest absolute Gasteiger partial charge is 0.480 e. The zero-order valence-corrected chi connectivity index (χ0v) is 10.1. The molecule has 1 atom stereocenters. The number of rotatable bonds is 8. The topological polar surface area (TPSA) is 66.8 Å². The fourth-order valence-corrected chi connectivity index (χ4v) is 1.55. The van der Waals surface area contributed by atoms with Crippen molar-refractivity contribution in [3.63, 3.8) is 0 Å². The van der Waals surface area contributed by atoms with E-state index in [1.54, 1.807) is 13.0 Å². The molecule has 5 heteroatoms. The van der Waals surface area contributed by atoms with Crippen molar-refractivity contribution in [2.75, 3.05) is 13.2 Å². The summed E-state index contributed by atoms with van der Waals surface area (Å²) in [4.78, 5) is 24.1. The van der Waals surface area contributed by atoms with Crippen LogP contribution in [0.5, 0.6) is 0 Å². The Balaban J connectivity index is 2.45. The molecule has 1 amide bonds. The first-order chi connectivity index (χ1) is 8.06. The number of aliphatic carboxylic acids is 1. The molecular formula is C12H19NO4. The Hall–Kier alpha value is -1.36. The summed E-state index contributed by atoms with van der Waals surface area (Å²) in [5.74, 6) is -1.22. The molecule has 0 saturated heterocycles. The standard InChI is InChI=1S/C12H19NO4/c1-3-4-7-17-9(2)12(16)13(8-11(14)15)10-5-6-10/h3,9-10H,1,4-8H2,2H3,(H,14,15). The Kier molecular flexibility index (Phi) is 5.15. The number of carbonyl (C=O) groups is 2. The van der Waals surface area contributed by atoms with Crippen LogP contribution in [0.4, 0.5) is 0 Å². The molecule has 0 radical (unpaired) electrons. The van der Waals surface area contributed by atoms with E-state index in [-0.39, 0.29) is 18.5 Å². The van der Waals surface area contributed by atoms with Crippen molar-refractivity contribution in [3.05, 3.63) is 12.7 Å². The molecule has 0 aromatic carbocycles. The molecule has 0 aromatic rings. The van der Waals surface area contributed by atoms with Crippen LogP contribution in [-0.4, -0.2) is 47.2 Å². The van der Waals surface area contributed by atoms with E-state index >= 15 is 0 Å². The fraction of sp³-hybridized carbons (Fsp3) is 0.667. The van der Waals surface area contributed by atoms with Gasteiger partial charge >= 0.3 is 5.97 Å². The van der Waals surface area contributed by atoms with E-state index in [2.05, 4.69) is 6.58 Å². The van der Waals surface area contributed by atoms with Crippen LogP contribution in [0, 0.1) is 0 Å². The third-order valence-corrected chi connectivity index (χ3v) is 2.61. The summed E-state index contributed by atoms with van der Waals surface area (Å²) in [6.07, 6.45) is 3.58. The van der Waals surface area contributed by atoms with E-state index in [0.29, 0.717) is 13.0 Å². The molecule has 5 nitrogen and oxygen atoms in total. The molecule has 0 bridgehead atoms. The van der Waals surface area contributed by atoms with E-state index < -0.39 is 12.1 Å². The molecule has 1 aliphatic rings. The Morgan fingerprint density at radius 3 is 2.71 bits per heavy atom. The van der Waals surface area contributed by atoms with Gasteiger partial charge in [0.2, 0.25) is 0 Å². The molecule has 96 valence electrons. The number of hydrogen-bond acceptors (Lipinski definition) is 3. The fourth-order valence-electron chi connectivity index (χ4n) is 1.55. The summed E-state index contributed by atoms with van der Waals surface area (Å²) < 4.78 is 5.33. The van der Waals surface area contributed by atoms with Gasteiger partial charge in [0.15, 0.2) is 0 Å². The van der Waals surface area contributed by atoms with Crippen LogP contribution in [0.15, 0.2) is 12.7 Å². The molecule has 0 heterocycles. The second kappa shape index (κ2) is 6.39. The van der Waals surface area contributed by atoms with Gasteiger partial charge in [0.25, 0.3) is 5.91 Å². The van der Waals surface area contributed by atoms with Gasteiger partial charge in [-0.2, -0.15) is 0 Å². The molecule has 0 aromatic heterocycles. The molecule has 1 saturated carbocycles. The highest BCUT2D eigenvalue weighted by Crippen LogP contribution is 2.27. The van der Waals surface area contributed by atoms with Gasteiger partial charge < -0.3 is 14.7 Å². The molecule has 17 heavy (non-hydrogen) atoms. The van der Waals surface area contributed by atoms with E-state index in [1.165, 1.54) is 4.90 Å². The lowest BCUT2D eigenvalue weighted by Crippen LogP contribution is -2.43. The van der Waals surface area contributed by atoms with Crippen molar-refractivity contribution in [1.82, 2.24) is 4.90 Å². The first-order valence-electron chi connectivity index (χ1n) is 5.81. The molecule has 1 fully saturated rings. The second-order valence-corrected chi connectivity index (χ2v) is 4.18. The molecule has 1 rings (SSSR count). The summed E-state index contributed by atoms with van der Waals surface area (Å²) in [6, 6.07) is 0.0871. The highest BCUT2D eigenvalue weighted by Gasteiger charge is 2.35. The van der Waals surface area contributed by atoms with Crippen LogP contribution in [0.3, 0.4) is 0 Å². The smallest absolute Gasteiger partial charge is 0.323 e. The molecular weight excluding hydrogens is 222 g/mol. The third-order valence-electron chi connectivity index (χ3n) is 2.61. The molecule has 1 N–H and O–H groups in total. The van der Waals surface area contributed by atoms with Crippen molar-refractivity contribution in [1.29, 1.82) is 0 Å². The van der Waals surface area contributed by atoms with Gasteiger partial charge in [-0.25, -0.2) is 0 Å². The molecule has 1 aliphatic carbocycles. The van der Waals surface area contributed by atoms with Crippen molar-refractivity contribution in [3.8, 4) is 0 Å². The average Bonchev–Trinajstić information content (AvgIpc) is 3.08. The number of hydrogen-bond donors (Lipinski definition) is 1. The number of ether oxygens (including phenoxy) is 1. The van der Waals surface area contributed by atoms with Crippen molar-refractivity contribution >= 4 is 11.9 Å². The first-order valence-corrected chi connectivity index (χ1v) is 5.81. The van der Waals surface area contributed by atoms with Crippen LogP contribution < -0.4 is 0 Å². The van der Waals surface area contributed by atoms with Gasteiger partial charge in [0.05, 0.1) is 6.61 Å². The number of nitrogens with zero attached hydrogens (tertiary/aromatic N) is 1. The summed E-state index contributed by atoms with van der Waals surface area (Å²) in [6.45, 7) is 5.41. The van der Waals surface area contributed by atoms with Gasteiger partial charge in [0, 0.05) is 6.04 Å². The lowest BCUT2D eigenvalue weighted by atomic mass is 10.3. The minimum absolute atomic E-state index is 0.0871. The second-order valence-electron chi connectivity index (χ2n) is 4.18. The molecule has 0 aliphatic heterocycles. The van der Waals surface area contributed by atoms with E-state index in [0.717, 1.165) is 12.8 Å². The minimum Gasteiger partial charge on any atom is -0.480 e. The molecule has 0 spiro atoms. The summed E-state index contributed by atoms with van der Waals surface area (Å²) in [5, 5.41) is 8.76. The highest BCUT2D eigenvalue weighted by atomic mass is 16.5. The van der Waals surface area contributed by atoms with Crippen LogP contribution in [0.1, 0.15) is 26.2 Å². The van der Waals surface area contributed by atoms with Crippen LogP contribution >= 0.6 is 0 Å². The quantitative estimate of drug-likeness (QED) is 0.509. The lowest BCUT2D eigenvalue weighted by Gasteiger charge is -2.23. The van der Waals surface area contributed by atoms with Crippen molar-refractivity contribution < 1.29 is 19.4 Å². The maximum atomic E-state index is 12.0. The van der Waals surface area contributed by atoms with E-state index in [1.807, 2.05) is 0 Å². The maximum Gasteiger partial charge on any atom is 0.323 e. The SMILES string of the molecule is C=CCCOC(C)C(=O)N(CC(=O)O)C1CC1. The number of carboxylic acid groups (broad SMARTS) is 1. The van der Waals surface area contributed by atoms with Gasteiger partial charge in [-0.15, -0.1) is 6.58 Å². The van der Waals surface area contributed by atoms with E-state index in [4.69, 9.17) is 9.84 Å². The zero-order valence-electron chi connectivity index (χ0n) is 10.1. The van der Waals surface area contributed by atoms with Crippen molar-refractivity contribution in [2.45, 2.75) is 38.3 Å². The van der Waals surface area contributed by atoms with Gasteiger partial charge in [-0.1, -0.05) is 6.08 Å². The normalized spacial score (nSPS) is 16.3. The summed E-state index contributed by atoms with van der Waals surface area (Å²) in [7, 11) is 0. The van der Waals surface area contributed by atoms with Gasteiger partial charge in [0.1, 0.15) is 12.6 Å². The zero-order chi connectivity index (χ0) is 12.8. The van der Waals surface area contributed by atoms with Crippen LogP contribution in [0.2, 0.25) is 0 Å². The van der Waals surface area contributed by atoms with Gasteiger partial charge in [-0.3, -0.25) is 9.59 Å². The van der Waals surface area contributed by atoms with Gasteiger partial charge in [-0.05, 0) is 26.2 Å². The lowest BCUT2D eigenvalue weighted by molar-refractivity contribution is -0.150. The highest BCUT2D eigenvalue weighted by molar-refractivity contribution is 5.85. The predicted molar refractivity (Wildman–Crippen MR) is 62.6 cm³/mol. The minimum atomic E-state index is -0.983. The van der Waals surface area contributed by atoms with Crippen LogP contribution in [-0.2, 0) is 14.3 Å². The average molecular weight is 241 g/mol. The Bertz CT molecular complexity index is 299. The number of carboxylic acids is 1. The van der Waals surface area contributed by atoms with Crippen LogP contribution in [0.25, 0.3) is 0 Å². The molecule has 1 unspecified atom stereocenters.